The van der Waals surface area contributed by atoms with Gasteiger partial charge in [-0.2, -0.15) is 5.10 Å². The van der Waals surface area contributed by atoms with Gasteiger partial charge in [0.15, 0.2) is 5.75 Å². The molecule has 1 fully saturated rings. The molecule has 0 saturated carbocycles. The lowest BCUT2D eigenvalue weighted by atomic mass is 9.90. The molecule has 0 radical (unpaired) electrons. The summed E-state index contributed by atoms with van der Waals surface area (Å²) in [7, 11) is 5.74. The first-order valence-corrected chi connectivity index (χ1v) is 7.36. The Morgan fingerprint density at radius 1 is 1.62 bits per heavy atom. The summed E-state index contributed by atoms with van der Waals surface area (Å²) < 4.78 is 13.4. The highest BCUT2D eigenvalue weighted by Crippen LogP contribution is 2.40. The zero-order valence-corrected chi connectivity index (χ0v) is 13.4. The second-order valence-corrected chi connectivity index (χ2v) is 5.99. The van der Waals surface area contributed by atoms with E-state index in [9.17, 15) is 0 Å². The summed E-state index contributed by atoms with van der Waals surface area (Å²) in [5.74, 6) is 6.58. The van der Waals surface area contributed by atoms with Crippen LogP contribution in [0, 0.1) is 0 Å². The molecular weight excluding hydrogens is 270 g/mol. The van der Waals surface area contributed by atoms with Crippen LogP contribution in [0.3, 0.4) is 0 Å². The van der Waals surface area contributed by atoms with E-state index in [1.54, 1.807) is 13.3 Å². The van der Waals surface area contributed by atoms with Crippen LogP contribution in [0.1, 0.15) is 31.5 Å². The van der Waals surface area contributed by atoms with Crippen molar-refractivity contribution in [2.45, 2.75) is 38.0 Å². The van der Waals surface area contributed by atoms with Gasteiger partial charge in [-0.3, -0.25) is 10.5 Å². The molecule has 2 unspecified atom stereocenters. The maximum Gasteiger partial charge on any atom is 0.161 e. The van der Waals surface area contributed by atoms with E-state index in [0.29, 0.717) is 0 Å². The summed E-state index contributed by atoms with van der Waals surface area (Å²) in [6.45, 7) is 4.53. The Morgan fingerprint density at radius 3 is 2.90 bits per heavy atom. The lowest BCUT2D eigenvalue weighted by molar-refractivity contribution is -0.0155. The van der Waals surface area contributed by atoms with E-state index in [1.807, 2.05) is 18.8 Å². The van der Waals surface area contributed by atoms with Crippen LogP contribution < -0.4 is 16.0 Å². The third-order valence-corrected chi connectivity index (χ3v) is 4.12. The first-order chi connectivity index (χ1) is 10.0. The highest BCUT2D eigenvalue weighted by molar-refractivity contribution is 5.30. The Bertz CT molecular complexity index is 454. The van der Waals surface area contributed by atoms with Crippen LogP contribution in [0.25, 0.3) is 0 Å². The van der Waals surface area contributed by atoms with Gasteiger partial charge in [0, 0.05) is 13.2 Å². The lowest BCUT2D eigenvalue weighted by Crippen LogP contribution is -2.45. The quantitative estimate of drug-likeness (QED) is 0.564. The normalized spacial score (nSPS) is 23.7. The van der Waals surface area contributed by atoms with Gasteiger partial charge in [0.25, 0.3) is 0 Å². The molecule has 1 aromatic rings. The Labute approximate surface area is 126 Å². The maximum absolute atomic E-state index is 5.95. The number of likely N-dealkylation sites (N-methyl/N-ethyl adjacent to an activating group) is 1. The Balaban J connectivity index is 2.31. The molecule has 3 N–H and O–H groups in total. The number of rotatable bonds is 7. The van der Waals surface area contributed by atoms with Crippen molar-refractivity contribution in [2.75, 3.05) is 34.4 Å². The summed E-state index contributed by atoms with van der Waals surface area (Å²) in [6.07, 6.45) is 3.75. The molecule has 2 heterocycles. The van der Waals surface area contributed by atoms with Crippen LogP contribution in [-0.2, 0) is 11.3 Å². The second kappa shape index (κ2) is 6.74. The first kappa shape index (κ1) is 16.2. The summed E-state index contributed by atoms with van der Waals surface area (Å²) in [6, 6.07) is -0.153. The average Bonchev–Trinajstić information content (AvgIpc) is 3.05. The van der Waals surface area contributed by atoms with E-state index in [4.69, 9.17) is 15.3 Å². The summed E-state index contributed by atoms with van der Waals surface area (Å²) in [5.41, 5.74) is 3.53. The van der Waals surface area contributed by atoms with Crippen molar-refractivity contribution in [1.29, 1.82) is 0 Å². The van der Waals surface area contributed by atoms with Crippen LogP contribution in [0.2, 0.25) is 0 Å². The van der Waals surface area contributed by atoms with Crippen molar-refractivity contribution < 1.29 is 9.47 Å². The molecule has 21 heavy (non-hydrogen) atoms. The number of hydrogen-bond acceptors (Lipinski definition) is 6. The van der Waals surface area contributed by atoms with Crippen LogP contribution in [0.5, 0.6) is 5.75 Å². The van der Waals surface area contributed by atoms with Gasteiger partial charge in [0.1, 0.15) is 5.69 Å². The van der Waals surface area contributed by atoms with Gasteiger partial charge in [-0.1, -0.05) is 0 Å². The SMILES string of the molecule is COc1cnn(CCN(C)C)c1C(NN)C1(C)CCCO1. The third kappa shape index (κ3) is 3.37. The van der Waals surface area contributed by atoms with E-state index in [-0.39, 0.29) is 11.6 Å². The standard InChI is InChI=1S/C14H27N5O2/c1-14(6-5-9-21-14)13(17-15)12-11(20-4)10-16-19(12)8-7-18(2)3/h10,13,17H,5-9,15H2,1-4H3. The Hall–Kier alpha value is -1.15. The molecular formula is C14H27N5O2. The molecule has 1 aliphatic heterocycles. The Kier molecular flexibility index (Phi) is 5.21. The maximum atomic E-state index is 5.95. The predicted octanol–water partition coefficient (Wildman–Crippen LogP) is 0.527. The fourth-order valence-corrected chi connectivity index (χ4v) is 2.87. The van der Waals surface area contributed by atoms with E-state index >= 15 is 0 Å². The van der Waals surface area contributed by atoms with Gasteiger partial charge in [0.05, 0.1) is 31.5 Å². The fraction of sp³-hybridized carbons (Fsp3) is 0.786. The number of hydrogen-bond donors (Lipinski definition) is 2. The summed E-state index contributed by atoms with van der Waals surface area (Å²) in [4.78, 5) is 2.12. The van der Waals surface area contributed by atoms with Crippen molar-refractivity contribution in [2.24, 2.45) is 5.84 Å². The van der Waals surface area contributed by atoms with E-state index in [2.05, 4.69) is 22.3 Å². The average molecular weight is 297 g/mol. The van der Waals surface area contributed by atoms with Gasteiger partial charge >= 0.3 is 0 Å². The monoisotopic (exact) mass is 297 g/mol. The fourth-order valence-electron chi connectivity index (χ4n) is 2.87. The molecule has 1 aromatic heterocycles. The molecule has 7 nitrogen and oxygen atoms in total. The van der Waals surface area contributed by atoms with Crippen LogP contribution in [0.15, 0.2) is 6.20 Å². The van der Waals surface area contributed by atoms with Crippen molar-refractivity contribution in [3.05, 3.63) is 11.9 Å². The number of nitrogens with two attached hydrogens (primary N) is 1. The van der Waals surface area contributed by atoms with Gasteiger partial charge in [-0.15, -0.1) is 0 Å². The minimum atomic E-state index is -0.335. The Morgan fingerprint density at radius 2 is 2.38 bits per heavy atom. The molecule has 0 amide bonds. The van der Waals surface area contributed by atoms with Gasteiger partial charge in [0.2, 0.25) is 0 Å². The van der Waals surface area contributed by atoms with E-state index in [1.165, 1.54) is 0 Å². The van der Waals surface area contributed by atoms with Crippen molar-refractivity contribution in [3.8, 4) is 5.75 Å². The second-order valence-electron chi connectivity index (χ2n) is 5.99. The van der Waals surface area contributed by atoms with Crippen molar-refractivity contribution >= 4 is 0 Å². The zero-order valence-electron chi connectivity index (χ0n) is 13.4. The molecule has 0 aromatic carbocycles. The molecule has 120 valence electrons. The van der Waals surface area contributed by atoms with Crippen LogP contribution >= 0.6 is 0 Å². The minimum absolute atomic E-state index is 0.153. The van der Waals surface area contributed by atoms with Crippen molar-refractivity contribution in [1.82, 2.24) is 20.1 Å². The number of nitrogens with one attached hydrogen (secondary N) is 1. The van der Waals surface area contributed by atoms with Crippen LogP contribution in [0.4, 0.5) is 0 Å². The smallest absolute Gasteiger partial charge is 0.161 e. The van der Waals surface area contributed by atoms with Crippen LogP contribution in [-0.4, -0.2) is 54.6 Å². The van der Waals surface area contributed by atoms with Gasteiger partial charge in [-0.05, 0) is 33.9 Å². The van der Waals surface area contributed by atoms with Crippen molar-refractivity contribution in [3.63, 3.8) is 0 Å². The molecule has 0 spiro atoms. The topological polar surface area (TPSA) is 77.6 Å². The number of methoxy groups -OCH3 is 1. The van der Waals surface area contributed by atoms with E-state index < -0.39 is 0 Å². The molecule has 0 bridgehead atoms. The highest BCUT2D eigenvalue weighted by Gasteiger charge is 2.42. The number of nitrogens with zero attached hydrogens (tertiary/aromatic N) is 3. The van der Waals surface area contributed by atoms with Gasteiger partial charge < -0.3 is 14.4 Å². The molecule has 2 rings (SSSR count). The van der Waals surface area contributed by atoms with E-state index in [0.717, 1.165) is 44.0 Å². The summed E-state index contributed by atoms with van der Waals surface area (Å²) >= 11 is 0. The molecule has 0 aliphatic carbocycles. The van der Waals surface area contributed by atoms with Gasteiger partial charge in [-0.25, -0.2) is 5.43 Å². The third-order valence-electron chi connectivity index (χ3n) is 4.12. The number of hydrazine groups is 1. The molecule has 1 saturated heterocycles. The summed E-state index contributed by atoms with van der Waals surface area (Å²) in [5, 5.41) is 4.44. The number of aromatic nitrogens is 2. The molecule has 1 aliphatic rings. The largest absolute Gasteiger partial charge is 0.493 e. The molecule has 7 heteroatoms. The molecule has 2 atom stereocenters. The zero-order chi connectivity index (χ0) is 15.5. The number of ether oxygens (including phenoxy) is 2. The highest BCUT2D eigenvalue weighted by atomic mass is 16.5. The first-order valence-electron chi connectivity index (χ1n) is 7.36. The lowest BCUT2D eigenvalue weighted by Gasteiger charge is -2.33. The predicted molar refractivity (Wildman–Crippen MR) is 81.0 cm³/mol. The minimum Gasteiger partial charge on any atom is -0.493 e.